The molecular formula is C17H31P3. The summed E-state index contributed by atoms with van der Waals surface area (Å²) < 4.78 is 0. The van der Waals surface area contributed by atoms with Gasteiger partial charge in [0.2, 0.25) is 0 Å². The van der Waals surface area contributed by atoms with E-state index in [1.54, 1.807) is 0 Å². The van der Waals surface area contributed by atoms with E-state index in [1.165, 1.54) is 43.6 Å². The van der Waals surface area contributed by atoms with Crippen LogP contribution in [0.4, 0.5) is 0 Å². The molecule has 0 saturated carbocycles. The van der Waals surface area contributed by atoms with Crippen molar-refractivity contribution in [2.75, 3.05) is 39.0 Å². The van der Waals surface area contributed by atoms with E-state index < -0.39 is 0 Å². The van der Waals surface area contributed by atoms with Crippen molar-refractivity contribution in [3.8, 4) is 0 Å². The Morgan fingerprint density at radius 1 is 0.900 bits per heavy atom. The molecule has 2 atom stereocenters. The van der Waals surface area contributed by atoms with Crippen molar-refractivity contribution >= 4 is 25.1 Å². The first-order valence-corrected chi connectivity index (χ1v) is 13.0. The van der Waals surface area contributed by atoms with Crippen LogP contribution in [-0.2, 0) is 6.42 Å². The Morgan fingerprint density at radius 2 is 1.50 bits per heavy atom. The maximum Gasteiger partial charge on any atom is -0.0106 e. The van der Waals surface area contributed by atoms with Crippen LogP contribution in [-0.4, -0.2) is 44.1 Å². The van der Waals surface area contributed by atoms with Gasteiger partial charge in [-0.05, 0) is 75.4 Å². The highest BCUT2D eigenvalue weighted by Crippen LogP contribution is 2.39. The van der Waals surface area contributed by atoms with Crippen LogP contribution in [0.25, 0.3) is 0 Å². The van der Waals surface area contributed by atoms with Crippen LogP contribution in [0.3, 0.4) is 0 Å². The van der Waals surface area contributed by atoms with Gasteiger partial charge in [-0.25, -0.2) is 0 Å². The van der Waals surface area contributed by atoms with Crippen LogP contribution in [0.15, 0.2) is 30.3 Å². The molecule has 0 nitrogen and oxygen atoms in total. The molecule has 114 valence electrons. The van der Waals surface area contributed by atoms with Gasteiger partial charge in [0.1, 0.15) is 0 Å². The van der Waals surface area contributed by atoms with Crippen LogP contribution >= 0.6 is 25.1 Å². The van der Waals surface area contributed by atoms with Crippen LogP contribution < -0.4 is 0 Å². The Kier molecular flexibility index (Phi) is 8.83. The largest absolute Gasteiger partial charge is 0.131 e. The molecule has 0 aromatic heterocycles. The lowest BCUT2D eigenvalue weighted by Crippen LogP contribution is -2.25. The third-order valence-corrected chi connectivity index (χ3v) is 6.85. The Balaban J connectivity index is 2.62. The van der Waals surface area contributed by atoms with Crippen molar-refractivity contribution in [3.63, 3.8) is 0 Å². The number of rotatable bonds is 9. The third kappa shape index (κ3) is 8.08. The maximum atomic E-state index is 3.23. The Labute approximate surface area is 131 Å². The summed E-state index contributed by atoms with van der Waals surface area (Å²) in [5.74, 6) is 0. The zero-order valence-corrected chi connectivity index (χ0v) is 16.5. The van der Waals surface area contributed by atoms with Crippen LogP contribution in [0.5, 0.6) is 0 Å². The van der Waals surface area contributed by atoms with E-state index in [4.69, 9.17) is 0 Å². The molecule has 0 aliphatic heterocycles. The quantitative estimate of drug-likeness (QED) is 0.525. The zero-order chi connectivity index (χ0) is 15.0. The van der Waals surface area contributed by atoms with E-state index in [9.17, 15) is 0 Å². The van der Waals surface area contributed by atoms with Crippen molar-refractivity contribution in [2.45, 2.75) is 30.8 Å². The van der Waals surface area contributed by atoms with Gasteiger partial charge >= 0.3 is 0 Å². The van der Waals surface area contributed by atoms with E-state index >= 15 is 0 Å². The second kappa shape index (κ2) is 9.51. The number of hydrogen-bond donors (Lipinski definition) is 0. The Bertz CT molecular complexity index is 362. The van der Waals surface area contributed by atoms with Gasteiger partial charge in [0, 0.05) is 0 Å². The smallest absolute Gasteiger partial charge is 0.0106 e. The standard InChI is InChI=1S/C17H31P3/c1-19(2)13-8-11-17(18,12-14-20(3)4)15-16-9-6-5-7-10-16/h5-7,9-10H,8,11-15,18H2,1-4H3. The third-order valence-electron chi connectivity index (χ3n) is 3.74. The van der Waals surface area contributed by atoms with Crippen molar-refractivity contribution in [2.24, 2.45) is 0 Å². The van der Waals surface area contributed by atoms with Gasteiger partial charge in [-0.2, -0.15) is 0 Å². The SMILES string of the molecule is CP(C)CCCC(P)(CCP(C)C)Cc1ccccc1. The lowest BCUT2D eigenvalue weighted by Gasteiger charge is -2.31. The predicted molar refractivity (Wildman–Crippen MR) is 104 cm³/mol. The summed E-state index contributed by atoms with van der Waals surface area (Å²) in [4.78, 5) is 0. The summed E-state index contributed by atoms with van der Waals surface area (Å²) in [6, 6.07) is 11.0. The summed E-state index contributed by atoms with van der Waals surface area (Å²) in [7, 11) is 3.71. The molecule has 3 heteroatoms. The number of benzene rings is 1. The highest BCUT2D eigenvalue weighted by molar-refractivity contribution is 7.56. The molecule has 0 bridgehead atoms. The fourth-order valence-electron chi connectivity index (χ4n) is 2.50. The first-order valence-electron chi connectivity index (χ1n) is 7.53. The number of hydrogen-bond acceptors (Lipinski definition) is 0. The molecule has 0 radical (unpaired) electrons. The maximum absolute atomic E-state index is 3.23. The van der Waals surface area contributed by atoms with Gasteiger partial charge < -0.3 is 0 Å². The van der Waals surface area contributed by atoms with E-state index in [1.807, 2.05) is 0 Å². The first-order chi connectivity index (χ1) is 9.41. The topological polar surface area (TPSA) is 0 Å². The van der Waals surface area contributed by atoms with Crippen molar-refractivity contribution in [1.82, 2.24) is 0 Å². The second-order valence-corrected chi connectivity index (χ2v) is 12.9. The molecule has 0 heterocycles. The molecule has 2 unspecified atom stereocenters. The highest BCUT2D eigenvalue weighted by atomic mass is 31.1. The molecule has 0 aliphatic carbocycles. The average Bonchev–Trinajstić information content (AvgIpc) is 2.37. The van der Waals surface area contributed by atoms with Crippen molar-refractivity contribution < 1.29 is 0 Å². The summed E-state index contributed by atoms with van der Waals surface area (Å²) in [5, 5.41) is 0.416. The van der Waals surface area contributed by atoms with E-state index in [0.29, 0.717) is 5.16 Å². The van der Waals surface area contributed by atoms with Gasteiger partial charge in [0.05, 0.1) is 0 Å². The summed E-state index contributed by atoms with van der Waals surface area (Å²) in [6.45, 7) is 9.60. The van der Waals surface area contributed by atoms with Gasteiger partial charge in [-0.3, -0.25) is 0 Å². The molecule has 1 rings (SSSR count). The van der Waals surface area contributed by atoms with E-state index in [-0.39, 0.29) is 15.8 Å². The second-order valence-electron chi connectivity index (χ2n) is 6.48. The highest BCUT2D eigenvalue weighted by Gasteiger charge is 2.24. The minimum atomic E-state index is 0.224. The Morgan fingerprint density at radius 3 is 2.05 bits per heavy atom. The Hall–Kier alpha value is 0.510. The van der Waals surface area contributed by atoms with Crippen molar-refractivity contribution in [3.05, 3.63) is 35.9 Å². The summed E-state index contributed by atoms with van der Waals surface area (Å²) in [5.41, 5.74) is 1.49. The van der Waals surface area contributed by atoms with Gasteiger partial charge in [-0.15, -0.1) is 25.1 Å². The minimum Gasteiger partial charge on any atom is -0.131 e. The van der Waals surface area contributed by atoms with E-state index in [2.05, 4.69) is 66.2 Å². The first kappa shape index (κ1) is 18.6. The molecule has 0 fully saturated rings. The molecule has 0 N–H and O–H groups in total. The van der Waals surface area contributed by atoms with Crippen molar-refractivity contribution in [1.29, 1.82) is 0 Å². The van der Waals surface area contributed by atoms with Gasteiger partial charge in [0.15, 0.2) is 0 Å². The van der Waals surface area contributed by atoms with Crippen LogP contribution in [0.1, 0.15) is 24.8 Å². The normalized spacial score (nSPS) is 14.8. The average molecular weight is 328 g/mol. The fourth-order valence-corrected chi connectivity index (χ4v) is 5.01. The molecule has 20 heavy (non-hydrogen) atoms. The zero-order valence-electron chi connectivity index (χ0n) is 13.6. The van der Waals surface area contributed by atoms with E-state index in [0.717, 1.165) is 0 Å². The predicted octanol–water partition coefficient (Wildman–Crippen LogP) is 5.50. The molecular weight excluding hydrogens is 297 g/mol. The molecule has 0 amide bonds. The summed E-state index contributed by atoms with van der Waals surface area (Å²) >= 11 is 0. The molecule has 0 aliphatic rings. The molecule has 1 aromatic carbocycles. The fraction of sp³-hybridized carbons (Fsp3) is 0.647. The van der Waals surface area contributed by atoms with Crippen LogP contribution in [0, 0.1) is 0 Å². The lowest BCUT2D eigenvalue weighted by atomic mass is 9.91. The van der Waals surface area contributed by atoms with Crippen LogP contribution in [0.2, 0.25) is 0 Å². The molecule has 1 aromatic rings. The minimum absolute atomic E-state index is 0.224. The van der Waals surface area contributed by atoms with Gasteiger partial charge in [-0.1, -0.05) is 30.3 Å². The molecule has 0 spiro atoms. The summed E-state index contributed by atoms with van der Waals surface area (Å²) in [6.07, 6.45) is 8.15. The molecule has 0 saturated heterocycles. The monoisotopic (exact) mass is 328 g/mol. The lowest BCUT2D eigenvalue weighted by molar-refractivity contribution is 0.516. The van der Waals surface area contributed by atoms with Gasteiger partial charge in [0.25, 0.3) is 0 Å².